The molecule has 1 amide bonds. The molecule has 1 aromatic heterocycles. The number of carbonyl (C=O) groups excluding carboxylic acids is 1. The van der Waals surface area contributed by atoms with Crippen LogP contribution < -0.4 is 4.74 Å². The molecule has 7 nitrogen and oxygen atoms in total. The molecule has 0 radical (unpaired) electrons. The van der Waals surface area contributed by atoms with Crippen molar-refractivity contribution in [3.63, 3.8) is 0 Å². The zero-order valence-corrected chi connectivity index (χ0v) is 15.7. The Morgan fingerprint density at radius 3 is 2.85 bits per heavy atom. The topological polar surface area (TPSA) is 84.7 Å². The predicted molar refractivity (Wildman–Crippen MR) is 101 cm³/mol. The number of methoxy groups -OCH3 is 1. The smallest absolute Gasteiger partial charge is 0.303 e. The molecule has 0 unspecified atom stereocenters. The molecule has 1 atom stereocenters. The van der Waals surface area contributed by atoms with Gasteiger partial charge in [0, 0.05) is 38.3 Å². The van der Waals surface area contributed by atoms with Crippen LogP contribution in [0.15, 0.2) is 30.5 Å². The molecule has 1 fully saturated rings. The number of ether oxygens (including phenoxy) is 1. The van der Waals surface area contributed by atoms with Crippen LogP contribution in [0.2, 0.25) is 0 Å². The number of carbonyl (C=O) groups is 2. The van der Waals surface area contributed by atoms with E-state index in [1.807, 2.05) is 29.2 Å². The van der Waals surface area contributed by atoms with Crippen molar-refractivity contribution in [1.29, 1.82) is 0 Å². The number of benzene rings is 1. The number of aliphatic carboxylic acids is 1. The number of amides is 1. The Balaban J connectivity index is 1.84. The van der Waals surface area contributed by atoms with E-state index in [0.717, 1.165) is 18.4 Å². The molecule has 0 bridgehead atoms. The van der Waals surface area contributed by atoms with Crippen molar-refractivity contribution < 1.29 is 19.4 Å². The minimum atomic E-state index is -0.788. The molecule has 2 heterocycles. The third kappa shape index (κ3) is 4.30. The first-order chi connectivity index (χ1) is 13.0. The fourth-order valence-corrected chi connectivity index (χ4v) is 3.67. The zero-order chi connectivity index (χ0) is 19.4. The molecule has 0 spiro atoms. The number of nitrogens with zero attached hydrogens (tertiary/aromatic N) is 3. The van der Waals surface area contributed by atoms with Gasteiger partial charge in [-0.15, -0.1) is 0 Å². The third-order valence-corrected chi connectivity index (χ3v) is 4.99. The van der Waals surface area contributed by atoms with Crippen LogP contribution in [-0.4, -0.2) is 51.9 Å². The van der Waals surface area contributed by atoms with Crippen molar-refractivity contribution in [2.45, 2.75) is 25.7 Å². The second-order valence-corrected chi connectivity index (χ2v) is 6.96. The number of likely N-dealkylation sites (tertiary alicyclic amines) is 1. The highest BCUT2D eigenvalue weighted by molar-refractivity contribution is 6.00. The summed E-state index contributed by atoms with van der Waals surface area (Å²) in [4.78, 5) is 25.9. The largest absolute Gasteiger partial charge is 0.496 e. The molecule has 1 saturated heterocycles. The summed E-state index contributed by atoms with van der Waals surface area (Å²) in [6, 6.07) is 7.51. The highest BCUT2D eigenvalue weighted by Crippen LogP contribution is 2.32. The molecular formula is C20H25N3O4. The average molecular weight is 371 g/mol. The number of carboxylic acids is 1. The van der Waals surface area contributed by atoms with Gasteiger partial charge in [0.15, 0.2) is 0 Å². The van der Waals surface area contributed by atoms with Crippen LogP contribution in [0.4, 0.5) is 0 Å². The Labute approximate surface area is 158 Å². The Hall–Kier alpha value is -2.83. The van der Waals surface area contributed by atoms with Crippen molar-refractivity contribution in [2.75, 3.05) is 20.2 Å². The van der Waals surface area contributed by atoms with Gasteiger partial charge < -0.3 is 14.7 Å². The van der Waals surface area contributed by atoms with Crippen molar-refractivity contribution in [2.24, 2.45) is 13.0 Å². The molecule has 3 rings (SSSR count). The molecule has 1 N–H and O–H groups in total. The van der Waals surface area contributed by atoms with Crippen molar-refractivity contribution in [3.05, 3.63) is 36.0 Å². The molecule has 0 saturated carbocycles. The van der Waals surface area contributed by atoms with E-state index in [1.54, 1.807) is 25.0 Å². The minimum absolute atomic E-state index is 0.0657. The summed E-state index contributed by atoms with van der Waals surface area (Å²) in [5.74, 6) is 0.0432. The van der Waals surface area contributed by atoms with Gasteiger partial charge in [0.2, 0.25) is 0 Å². The third-order valence-electron chi connectivity index (χ3n) is 4.99. The first-order valence-corrected chi connectivity index (χ1v) is 9.17. The van der Waals surface area contributed by atoms with E-state index in [2.05, 4.69) is 5.10 Å². The zero-order valence-electron chi connectivity index (χ0n) is 15.7. The quantitative estimate of drug-likeness (QED) is 0.844. The predicted octanol–water partition coefficient (Wildman–Crippen LogP) is 2.81. The fourth-order valence-electron chi connectivity index (χ4n) is 3.67. The van der Waals surface area contributed by atoms with Crippen molar-refractivity contribution in [3.8, 4) is 17.0 Å². The molecular weight excluding hydrogens is 346 g/mol. The highest BCUT2D eigenvalue weighted by Gasteiger charge is 2.28. The summed E-state index contributed by atoms with van der Waals surface area (Å²) >= 11 is 0. The molecule has 2 aromatic rings. The van der Waals surface area contributed by atoms with Crippen LogP contribution in [0.25, 0.3) is 11.3 Å². The molecule has 144 valence electrons. The summed E-state index contributed by atoms with van der Waals surface area (Å²) in [6.07, 6.45) is 4.34. The molecule has 1 aromatic carbocycles. The summed E-state index contributed by atoms with van der Waals surface area (Å²) in [6.45, 7) is 1.27. The van der Waals surface area contributed by atoms with Gasteiger partial charge in [0.1, 0.15) is 11.4 Å². The SMILES string of the molecule is COc1ccccc1-c1nn(C)cc1C(=O)N1CCC[C@@H](CCC(=O)O)C1. The number of para-hydroxylation sites is 1. The summed E-state index contributed by atoms with van der Waals surface area (Å²) in [7, 11) is 3.39. The maximum atomic E-state index is 13.2. The number of piperidine rings is 1. The van der Waals surface area contributed by atoms with E-state index in [9.17, 15) is 9.59 Å². The van der Waals surface area contributed by atoms with Crippen LogP contribution in [0, 0.1) is 5.92 Å². The maximum Gasteiger partial charge on any atom is 0.303 e. The molecule has 1 aliphatic rings. The second-order valence-electron chi connectivity index (χ2n) is 6.96. The lowest BCUT2D eigenvalue weighted by Gasteiger charge is -2.32. The van der Waals surface area contributed by atoms with Gasteiger partial charge in [-0.05, 0) is 37.3 Å². The fraction of sp³-hybridized carbons (Fsp3) is 0.450. The van der Waals surface area contributed by atoms with Crippen LogP contribution >= 0.6 is 0 Å². The van der Waals surface area contributed by atoms with Crippen LogP contribution in [0.1, 0.15) is 36.0 Å². The van der Waals surface area contributed by atoms with E-state index in [-0.39, 0.29) is 18.2 Å². The number of hydrogen-bond donors (Lipinski definition) is 1. The monoisotopic (exact) mass is 371 g/mol. The van der Waals surface area contributed by atoms with Gasteiger partial charge in [0.05, 0.1) is 12.7 Å². The van der Waals surface area contributed by atoms with E-state index in [4.69, 9.17) is 9.84 Å². The van der Waals surface area contributed by atoms with Crippen LogP contribution in [-0.2, 0) is 11.8 Å². The Bertz CT molecular complexity index is 830. The average Bonchev–Trinajstić information content (AvgIpc) is 3.07. The van der Waals surface area contributed by atoms with E-state index in [0.29, 0.717) is 36.5 Å². The lowest BCUT2D eigenvalue weighted by Crippen LogP contribution is -2.40. The molecule has 27 heavy (non-hydrogen) atoms. The standard InChI is InChI=1S/C20H25N3O4/c1-22-13-16(19(21-22)15-7-3-4-8-17(15)27-2)20(26)23-11-5-6-14(12-23)9-10-18(24)25/h3-4,7-8,13-14H,5-6,9-12H2,1-2H3,(H,24,25)/t14-/m0/s1. The second kappa shape index (κ2) is 8.24. The first kappa shape index (κ1) is 18.9. The van der Waals surface area contributed by atoms with Gasteiger partial charge >= 0.3 is 5.97 Å². The number of aryl methyl sites for hydroxylation is 1. The van der Waals surface area contributed by atoms with E-state index in [1.165, 1.54) is 0 Å². The number of rotatable bonds is 6. The Kier molecular flexibility index (Phi) is 5.78. The van der Waals surface area contributed by atoms with Gasteiger partial charge in [-0.1, -0.05) is 12.1 Å². The van der Waals surface area contributed by atoms with Gasteiger partial charge in [-0.25, -0.2) is 0 Å². The normalized spacial score (nSPS) is 17.0. The number of carboxylic acid groups (broad SMARTS) is 1. The van der Waals surface area contributed by atoms with Crippen molar-refractivity contribution in [1.82, 2.24) is 14.7 Å². The first-order valence-electron chi connectivity index (χ1n) is 9.17. The van der Waals surface area contributed by atoms with Crippen molar-refractivity contribution >= 4 is 11.9 Å². The lowest BCUT2D eigenvalue weighted by molar-refractivity contribution is -0.137. The van der Waals surface area contributed by atoms with Gasteiger partial charge in [-0.3, -0.25) is 14.3 Å². The summed E-state index contributed by atoms with van der Waals surface area (Å²) in [5.41, 5.74) is 1.93. The maximum absolute atomic E-state index is 13.2. The number of hydrogen-bond acceptors (Lipinski definition) is 4. The van der Waals surface area contributed by atoms with Gasteiger partial charge in [0.25, 0.3) is 5.91 Å². The summed E-state index contributed by atoms with van der Waals surface area (Å²) < 4.78 is 7.07. The Morgan fingerprint density at radius 2 is 2.11 bits per heavy atom. The van der Waals surface area contributed by atoms with E-state index < -0.39 is 5.97 Å². The lowest BCUT2D eigenvalue weighted by atomic mass is 9.93. The number of aromatic nitrogens is 2. The van der Waals surface area contributed by atoms with E-state index >= 15 is 0 Å². The van der Waals surface area contributed by atoms with Crippen LogP contribution in [0.5, 0.6) is 5.75 Å². The highest BCUT2D eigenvalue weighted by atomic mass is 16.5. The molecule has 0 aliphatic carbocycles. The minimum Gasteiger partial charge on any atom is -0.496 e. The van der Waals surface area contributed by atoms with Crippen LogP contribution in [0.3, 0.4) is 0 Å². The summed E-state index contributed by atoms with van der Waals surface area (Å²) in [5, 5.41) is 13.4. The molecule has 1 aliphatic heterocycles. The Morgan fingerprint density at radius 1 is 1.33 bits per heavy atom. The molecule has 7 heteroatoms. The van der Waals surface area contributed by atoms with Gasteiger partial charge in [-0.2, -0.15) is 5.10 Å².